The summed E-state index contributed by atoms with van der Waals surface area (Å²) >= 11 is 0. The van der Waals surface area contributed by atoms with Crippen molar-refractivity contribution in [1.82, 2.24) is 9.88 Å². The number of anilines is 1. The molecule has 0 radical (unpaired) electrons. The van der Waals surface area contributed by atoms with Gasteiger partial charge in [0.1, 0.15) is 5.82 Å². The number of nitrogens with one attached hydrogen (secondary N) is 1. The van der Waals surface area contributed by atoms with E-state index in [-0.39, 0.29) is 5.91 Å². The van der Waals surface area contributed by atoms with Crippen LogP contribution in [0.4, 0.5) is 5.82 Å². The molecule has 0 spiro atoms. The number of hydrogen-bond acceptors (Lipinski definition) is 3. The molecule has 1 atom stereocenters. The summed E-state index contributed by atoms with van der Waals surface area (Å²) in [6, 6.07) is 3.78. The third kappa shape index (κ3) is 3.30. The van der Waals surface area contributed by atoms with Gasteiger partial charge in [-0.25, -0.2) is 4.98 Å². The van der Waals surface area contributed by atoms with Gasteiger partial charge in [0.2, 0.25) is 0 Å². The van der Waals surface area contributed by atoms with Gasteiger partial charge in [-0.1, -0.05) is 20.3 Å². The smallest absolute Gasteiger partial charge is 0.254 e. The summed E-state index contributed by atoms with van der Waals surface area (Å²) in [5, 5.41) is 3.03. The third-order valence-electron chi connectivity index (χ3n) is 4.01. The second-order valence-corrected chi connectivity index (χ2v) is 5.53. The van der Waals surface area contributed by atoms with E-state index >= 15 is 0 Å². The number of carbonyl (C=O) groups excluding carboxylic acids is 1. The van der Waals surface area contributed by atoms with E-state index in [1.165, 1.54) is 12.8 Å². The Morgan fingerprint density at radius 2 is 2.25 bits per heavy atom. The van der Waals surface area contributed by atoms with Gasteiger partial charge in [-0.05, 0) is 37.3 Å². The van der Waals surface area contributed by atoms with Gasteiger partial charge in [-0.3, -0.25) is 4.79 Å². The second kappa shape index (κ2) is 6.73. The Balaban J connectivity index is 2.13. The minimum Gasteiger partial charge on any atom is -0.373 e. The molecule has 0 aromatic carbocycles. The molecule has 1 aromatic rings. The van der Waals surface area contributed by atoms with Crippen LogP contribution >= 0.6 is 0 Å². The van der Waals surface area contributed by atoms with Gasteiger partial charge < -0.3 is 10.2 Å². The quantitative estimate of drug-likeness (QED) is 0.898. The van der Waals surface area contributed by atoms with Crippen LogP contribution in [-0.4, -0.2) is 35.9 Å². The van der Waals surface area contributed by atoms with Crippen molar-refractivity contribution in [3.63, 3.8) is 0 Å². The normalized spacial score (nSPS) is 18.4. The molecule has 4 heteroatoms. The maximum Gasteiger partial charge on any atom is 0.254 e. The SMILES string of the molecule is CCCC1CCN(C(=O)c2cc(CC)nc(NC)c2)C1. The molecule has 1 aliphatic rings. The van der Waals surface area contributed by atoms with Crippen LogP contribution in [0.2, 0.25) is 0 Å². The zero-order valence-electron chi connectivity index (χ0n) is 12.8. The first kappa shape index (κ1) is 14.8. The number of aromatic nitrogens is 1. The van der Waals surface area contributed by atoms with Crippen LogP contribution < -0.4 is 5.32 Å². The highest BCUT2D eigenvalue weighted by atomic mass is 16.2. The Hall–Kier alpha value is -1.58. The van der Waals surface area contributed by atoms with Crippen LogP contribution in [-0.2, 0) is 6.42 Å². The summed E-state index contributed by atoms with van der Waals surface area (Å²) in [5.74, 6) is 1.61. The van der Waals surface area contributed by atoms with Crippen LogP contribution in [0.5, 0.6) is 0 Å². The van der Waals surface area contributed by atoms with E-state index in [1.54, 1.807) is 0 Å². The molecule has 1 saturated heterocycles. The van der Waals surface area contributed by atoms with Gasteiger partial charge in [0, 0.05) is 31.4 Å². The largest absolute Gasteiger partial charge is 0.373 e. The minimum atomic E-state index is 0.150. The first-order valence-electron chi connectivity index (χ1n) is 7.65. The fraction of sp³-hybridized carbons (Fsp3) is 0.625. The highest BCUT2D eigenvalue weighted by molar-refractivity contribution is 5.95. The second-order valence-electron chi connectivity index (χ2n) is 5.53. The maximum atomic E-state index is 12.6. The summed E-state index contributed by atoms with van der Waals surface area (Å²) in [6.07, 6.45) is 4.41. The van der Waals surface area contributed by atoms with Gasteiger partial charge in [-0.15, -0.1) is 0 Å². The number of hydrogen-bond donors (Lipinski definition) is 1. The Labute approximate surface area is 121 Å². The Morgan fingerprint density at radius 1 is 1.45 bits per heavy atom. The molecule has 1 unspecified atom stereocenters. The highest BCUT2D eigenvalue weighted by Gasteiger charge is 2.26. The van der Waals surface area contributed by atoms with Gasteiger partial charge in [0.15, 0.2) is 0 Å². The molecular formula is C16H25N3O. The number of pyridine rings is 1. The molecule has 0 bridgehead atoms. The first-order valence-corrected chi connectivity index (χ1v) is 7.65. The molecule has 110 valence electrons. The van der Waals surface area contributed by atoms with E-state index in [1.807, 2.05) is 24.1 Å². The molecule has 2 heterocycles. The molecule has 1 N–H and O–H groups in total. The Kier molecular flexibility index (Phi) is 4.99. The molecule has 0 aliphatic carbocycles. The number of rotatable bonds is 5. The number of nitrogens with zero attached hydrogens (tertiary/aromatic N) is 2. The lowest BCUT2D eigenvalue weighted by molar-refractivity contribution is 0.0786. The topological polar surface area (TPSA) is 45.2 Å². The van der Waals surface area contributed by atoms with E-state index in [2.05, 4.69) is 24.1 Å². The zero-order valence-corrected chi connectivity index (χ0v) is 12.8. The van der Waals surface area contributed by atoms with Crippen molar-refractivity contribution >= 4 is 11.7 Å². The maximum absolute atomic E-state index is 12.6. The van der Waals surface area contributed by atoms with Crippen molar-refractivity contribution in [2.75, 3.05) is 25.5 Å². The number of aryl methyl sites for hydroxylation is 1. The monoisotopic (exact) mass is 275 g/mol. The zero-order chi connectivity index (χ0) is 14.5. The molecule has 1 aliphatic heterocycles. The minimum absolute atomic E-state index is 0.150. The molecule has 0 saturated carbocycles. The third-order valence-corrected chi connectivity index (χ3v) is 4.01. The molecule has 1 fully saturated rings. The molecule has 4 nitrogen and oxygen atoms in total. The molecule has 1 aromatic heterocycles. The number of carbonyl (C=O) groups is 1. The summed E-state index contributed by atoms with van der Waals surface area (Å²) in [5.41, 5.74) is 1.72. The fourth-order valence-electron chi connectivity index (χ4n) is 2.86. The molecule has 20 heavy (non-hydrogen) atoms. The van der Waals surface area contributed by atoms with Crippen LogP contribution in [0.1, 0.15) is 49.2 Å². The van der Waals surface area contributed by atoms with E-state index < -0.39 is 0 Å². The van der Waals surface area contributed by atoms with E-state index in [0.29, 0.717) is 5.92 Å². The van der Waals surface area contributed by atoms with Crippen LogP contribution in [0.3, 0.4) is 0 Å². The van der Waals surface area contributed by atoms with Crippen LogP contribution in [0.25, 0.3) is 0 Å². The van der Waals surface area contributed by atoms with Crippen molar-refractivity contribution in [2.24, 2.45) is 5.92 Å². The summed E-state index contributed by atoms with van der Waals surface area (Å²) < 4.78 is 0. The number of amides is 1. The van der Waals surface area contributed by atoms with Crippen molar-refractivity contribution < 1.29 is 4.79 Å². The van der Waals surface area contributed by atoms with E-state index in [9.17, 15) is 4.79 Å². The van der Waals surface area contributed by atoms with Gasteiger partial charge in [0.25, 0.3) is 5.91 Å². The summed E-state index contributed by atoms with van der Waals surface area (Å²) in [7, 11) is 1.84. The summed E-state index contributed by atoms with van der Waals surface area (Å²) in [4.78, 5) is 19.0. The van der Waals surface area contributed by atoms with Crippen molar-refractivity contribution in [2.45, 2.75) is 39.5 Å². The molecule has 1 amide bonds. The lowest BCUT2D eigenvalue weighted by Crippen LogP contribution is -2.29. The first-order chi connectivity index (χ1) is 9.67. The van der Waals surface area contributed by atoms with Gasteiger partial charge in [-0.2, -0.15) is 0 Å². The standard InChI is InChI=1S/C16H25N3O/c1-4-6-12-7-8-19(11-12)16(20)13-9-14(5-2)18-15(10-13)17-3/h9-10,12H,4-8,11H2,1-3H3,(H,17,18). The molecular weight excluding hydrogens is 250 g/mol. The average molecular weight is 275 g/mol. The van der Waals surface area contributed by atoms with Gasteiger partial charge in [0.05, 0.1) is 0 Å². The lowest BCUT2D eigenvalue weighted by atomic mass is 10.0. The summed E-state index contributed by atoms with van der Waals surface area (Å²) in [6.45, 7) is 6.07. The van der Waals surface area contributed by atoms with Crippen molar-refractivity contribution in [1.29, 1.82) is 0 Å². The Bertz CT molecular complexity index is 451. The predicted molar refractivity (Wildman–Crippen MR) is 82.1 cm³/mol. The lowest BCUT2D eigenvalue weighted by Gasteiger charge is -2.17. The van der Waals surface area contributed by atoms with E-state index in [0.717, 1.165) is 43.0 Å². The van der Waals surface area contributed by atoms with Crippen LogP contribution in [0, 0.1) is 5.92 Å². The Morgan fingerprint density at radius 3 is 2.90 bits per heavy atom. The predicted octanol–water partition coefficient (Wildman–Crippen LogP) is 2.95. The average Bonchev–Trinajstić information content (AvgIpc) is 2.94. The van der Waals surface area contributed by atoms with E-state index in [4.69, 9.17) is 0 Å². The van der Waals surface area contributed by atoms with Crippen LogP contribution in [0.15, 0.2) is 12.1 Å². The highest BCUT2D eigenvalue weighted by Crippen LogP contribution is 2.23. The van der Waals surface area contributed by atoms with Crippen molar-refractivity contribution in [3.8, 4) is 0 Å². The fourth-order valence-corrected chi connectivity index (χ4v) is 2.86. The number of likely N-dealkylation sites (tertiary alicyclic amines) is 1. The van der Waals surface area contributed by atoms with Crippen molar-refractivity contribution in [3.05, 3.63) is 23.4 Å². The molecule has 2 rings (SSSR count). The van der Waals surface area contributed by atoms with Gasteiger partial charge >= 0.3 is 0 Å².